The van der Waals surface area contributed by atoms with E-state index >= 15 is 0 Å². The van der Waals surface area contributed by atoms with Crippen molar-refractivity contribution in [1.29, 1.82) is 0 Å². The summed E-state index contributed by atoms with van der Waals surface area (Å²) < 4.78 is 28.1. The van der Waals surface area contributed by atoms with Crippen molar-refractivity contribution in [1.82, 2.24) is 0 Å². The summed E-state index contributed by atoms with van der Waals surface area (Å²) in [6, 6.07) is 4.18. The fraction of sp³-hybridized carbons (Fsp3) is 0.400. The highest BCUT2D eigenvalue weighted by molar-refractivity contribution is 6.32. The van der Waals surface area contributed by atoms with E-state index in [1.54, 1.807) is 6.92 Å². The number of nitrogens with two attached hydrogens (primary N) is 1. The molecule has 0 amide bonds. The summed E-state index contributed by atoms with van der Waals surface area (Å²) in [6.07, 6.45) is 0. The van der Waals surface area contributed by atoms with E-state index in [1.807, 2.05) is 0 Å². The molecule has 0 aliphatic carbocycles. The lowest BCUT2D eigenvalue weighted by Gasteiger charge is -2.22. The second-order valence-electron chi connectivity index (χ2n) is 3.60. The minimum atomic E-state index is -2.93. The molecule has 0 heterocycles. The Bertz CT molecular complexity index is 372. The molecule has 0 aromatic heterocycles. The van der Waals surface area contributed by atoms with Gasteiger partial charge < -0.3 is 15.6 Å². The van der Waals surface area contributed by atoms with Crippen LogP contribution >= 0.6 is 11.6 Å². The third-order valence-corrected chi connectivity index (χ3v) is 2.43. The zero-order valence-corrected chi connectivity index (χ0v) is 9.34. The first-order valence-corrected chi connectivity index (χ1v) is 4.89. The van der Waals surface area contributed by atoms with Gasteiger partial charge in [-0.15, -0.1) is 0 Å². The molecular weight excluding hydrogens is 240 g/mol. The van der Waals surface area contributed by atoms with E-state index in [0.717, 1.165) is 0 Å². The molecule has 0 fully saturated rings. The molecule has 3 N–H and O–H groups in total. The maximum atomic E-state index is 12.0. The van der Waals surface area contributed by atoms with Gasteiger partial charge in [0.05, 0.1) is 17.2 Å². The van der Waals surface area contributed by atoms with Crippen LogP contribution in [0.2, 0.25) is 5.02 Å². The summed E-state index contributed by atoms with van der Waals surface area (Å²) in [4.78, 5) is 0. The molecule has 0 aliphatic heterocycles. The molecule has 0 radical (unpaired) electrons. The van der Waals surface area contributed by atoms with E-state index in [4.69, 9.17) is 22.4 Å². The molecule has 1 aromatic rings. The van der Waals surface area contributed by atoms with Crippen LogP contribution in [-0.2, 0) is 5.54 Å². The minimum Gasteiger partial charge on any atom is -0.433 e. The van der Waals surface area contributed by atoms with Gasteiger partial charge in [-0.1, -0.05) is 17.7 Å². The number of alkyl halides is 2. The Balaban J connectivity index is 2.99. The SMILES string of the molecule is CC(N)(CO)c1ccc(OC(F)F)c(Cl)c1. The average molecular weight is 252 g/mol. The Hall–Kier alpha value is -0.910. The van der Waals surface area contributed by atoms with Crippen molar-refractivity contribution < 1.29 is 18.6 Å². The number of hydrogen-bond donors (Lipinski definition) is 2. The number of benzene rings is 1. The molecule has 6 heteroatoms. The molecule has 1 atom stereocenters. The first kappa shape index (κ1) is 13.2. The molecule has 0 aliphatic rings. The molecule has 90 valence electrons. The molecule has 0 saturated heterocycles. The van der Waals surface area contributed by atoms with E-state index in [2.05, 4.69) is 4.74 Å². The maximum Gasteiger partial charge on any atom is 0.387 e. The van der Waals surface area contributed by atoms with Crippen molar-refractivity contribution in [3.05, 3.63) is 28.8 Å². The molecule has 0 spiro atoms. The fourth-order valence-electron chi connectivity index (χ4n) is 1.14. The summed E-state index contributed by atoms with van der Waals surface area (Å²) in [5.41, 5.74) is 5.34. The summed E-state index contributed by atoms with van der Waals surface area (Å²) in [6.45, 7) is -1.60. The fourth-order valence-corrected chi connectivity index (χ4v) is 1.36. The van der Waals surface area contributed by atoms with Crippen molar-refractivity contribution in [3.63, 3.8) is 0 Å². The predicted molar refractivity (Wildman–Crippen MR) is 56.7 cm³/mol. The summed E-state index contributed by atoms with van der Waals surface area (Å²) in [5.74, 6) is -0.117. The number of aliphatic hydroxyl groups excluding tert-OH is 1. The van der Waals surface area contributed by atoms with E-state index in [-0.39, 0.29) is 17.4 Å². The monoisotopic (exact) mass is 251 g/mol. The van der Waals surface area contributed by atoms with Crippen molar-refractivity contribution in [2.75, 3.05) is 6.61 Å². The smallest absolute Gasteiger partial charge is 0.387 e. The molecule has 1 aromatic carbocycles. The van der Waals surface area contributed by atoms with Gasteiger partial charge in [-0.2, -0.15) is 8.78 Å². The van der Waals surface area contributed by atoms with Crippen LogP contribution in [-0.4, -0.2) is 18.3 Å². The number of rotatable bonds is 4. The van der Waals surface area contributed by atoms with Crippen LogP contribution in [0.15, 0.2) is 18.2 Å². The largest absolute Gasteiger partial charge is 0.433 e. The van der Waals surface area contributed by atoms with Crippen LogP contribution in [0, 0.1) is 0 Å². The van der Waals surface area contributed by atoms with Crippen molar-refractivity contribution in [2.45, 2.75) is 19.1 Å². The number of hydrogen-bond acceptors (Lipinski definition) is 3. The number of aliphatic hydroxyl groups is 1. The van der Waals surface area contributed by atoms with Gasteiger partial charge in [-0.05, 0) is 24.6 Å². The van der Waals surface area contributed by atoms with Crippen molar-refractivity contribution >= 4 is 11.6 Å². The van der Waals surface area contributed by atoms with Crippen LogP contribution in [0.4, 0.5) is 8.78 Å². The Morgan fingerprint density at radius 1 is 1.56 bits per heavy atom. The lowest BCUT2D eigenvalue weighted by atomic mass is 9.94. The van der Waals surface area contributed by atoms with Gasteiger partial charge in [-0.3, -0.25) is 0 Å². The summed E-state index contributed by atoms with van der Waals surface area (Å²) >= 11 is 5.74. The maximum absolute atomic E-state index is 12.0. The van der Waals surface area contributed by atoms with Gasteiger partial charge in [0, 0.05) is 0 Å². The van der Waals surface area contributed by atoms with Gasteiger partial charge in [-0.25, -0.2) is 0 Å². The molecule has 1 rings (SSSR count). The summed E-state index contributed by atoms with van der Waals surface area (Å²) in [5, 5.41) is 9.06. The second-order valence-corrected chi connectivity index (χ2v) is 4.01. The molecule has 3 nitrogen and oxygen atoms in total. The standard InChI is InChI=1S/C10H12ClF2NO2/c1-10(14,5-15)6-2-3-8(7(11)4-6)16-9(12)13/h2-4,9,15H,5,14H2,1H3. The van der Waals surface area contributed by atoms with Gasteiger partial charge in [0.15, 0.2) is 0 Å². The third-order valence-electron chi connectivity index (χ3n) is 2.14. The Labute approximate surface area is 96.8 Å². The Morgan fingerprint density at radius 3 is 2.62 bits per heavy atom. The first-order chi connectivity index (χ1) is 7.36. The van der Waals surface area contributed by atoms with Gasteiger partial charge >= 0.3 is 6.61 Å². The van der Waals surface area contributed by atoms with Crippen LogP contribution in [0.25, 0.3) is 0 Å². The second kappa shape index (κ2) is 4.95. The van der Waals surface area contributed by atoms with Gasteiger partial charge in [0.1, 0.15) is 5.75 Å². The molecular formula is C10H12ClF2NO2. The van der Waals surface area contributed by atoms with E-state index in [1.165, 1.54) is 18.2 Å². The van der Waals surface area contributed by atoms with E-state index in [0.29, 0.717) is 5.56 Å². The highest BCUT2D eigenvalue weighted by atomic mass is 35.5. The van der Waals surface area contributed by atoms with Crippen LogP contribution in [0.5, 0.6) is 5.75 Å². The molecule has 16 heavy (non-hydrogen) atoms. The zero-order chi connectivity index (χ0) is 12.3. The highest BCUT2D eigenvalue weighted by Crippen LogP contribution is 2.30. The van der Waals surface area contributed by atoms with E-state index in [9.17, 15) is 8.78 Å². The van der Waals surface area contributed by atoms with Gasteiger partial charge in [0.25, 0.3) is 0 Å². The average Bonchev–Trinajstić information content (AvgIpc) is 2.20. The minimum absolute atomic E-state index is 0.0305. The number of halogens is 3. The van der Waals surface area contributed by atoms with Crippen LogP contribution in [0.3, 0.4) is 0 Å². The normalized spacial score (nSPS) is 14.9. The Morgan fingerprint density at radius 2 is 2.19 bits per heavy atom. The zero-order valence-electron chi connectivity index (χ0n) is 8.58. The molecule has 0 saturated carbocycles. The summed E-state index contributed by atoms with van der Waals surface area (Å²) in [7, 11) is 0. The van der Waals surface area contributed by atoms with Crippen molar-refractivity contribution in [2.24, 2.45) is 5.73 Å². The van der Waals surface area contributed by atoms with Crippen LogP contribution < -0.4 is 10.5 Å². The first-order valence-electron chi connectivity index (χ1n) is 4.51. The topological polar surface area (TPSA) is 55.5 Å². The van der Waals surface area contributed by atoms with Crippen LogP contribution in [0.1, 0.15) is 12.5 Å². The lowest BCUT2D eigenvalue weighted by Crippen LogP contribution is -2.36. The lowest BCUT2D eigenvalue weighted by molar-refractivity contribution is -0.0498. The quantitative estimate of drug-likeness (QED) is 0.862. The number of ether oxygens (including phenoxy) is 1. The molecule has 0 bridgehead atoms. The molecule has 1 unspecified atom stereocenters. The van der Waals surface area contributed by atoms with Crippen molar-refractivity contribution in [3.8, 4) is 5.75 Å². The Kier molecular flexibility index (Phi) is 4.07. The highest BCUT2D eigenvalue weighted by Gasteiger charge is 2.21. The van der Waals surface area contributed by atoms with Gasteiger partial charge in [0.2, 0.25) is 0 Å². The third kappa shape index (κ3) is 3.04. The van der Waals surface area contributed by atoms with E-state index < -0.39 is 12.2 Å². The predicted octanol–water partition coefficient (Wildman–Crippen LogP) is 2.11.